The van der Waals surface area contributed by atoms with Crippen LogP contribution >= 0.6 is 0 Å². The van der Waals surface area contributed by atoms with Crippen molar-refractivity contribution in [1.29, 1.82) is 0 Å². The van der Waals surface area contributed by atoms with Crippen molar-refractivity contribution in [1.82, 2.24) is 10.2 Å². The van der Waals surface area contributed by atoms with Crippen molar-refractivity contribution < 1.29 is 19.1 Å². The zero-order valence-electron chi connectivity index (χ0n) is 13.5. The number of ether oxygens (including phenoxy) is 1. The Morgan fingerprint density at radius 2 is 1.90 bits per heavy atom. The van der Waals surface area contributed by atoms with Gasteiger partial charge in [0.15, 0.2) is 0 Å². The first-order valence-corrected chi connectivity index (χ1v) is 7.05. The van der Waals surface area contributed by atoms with Crippen molar-refractivity contribution in [2.45, 2.75) is 45.8 Å². The number of carbonyl (C=O) groups is 3. The van der Waals surface area contributed by atoms with E-state index >= 15 is 0 Å². The molecule has 3 unspecified atom stereocenters. The highest BCUT2D eigenvalue weighted by atomic mass is 16.5. The average Bonchev–Trinajstić information content (AvgIpc) is 2.42. The van der Waals surface area contributed by atoms with Crippen LogP contribution in [0.25, 0.3) is 0 Å². The van der Waals surface area contributed by atoms with Crippen molar-refractivity contribution in [2.24, 2.45) is 11.7 Å². The van der Waals surface area contributed by atoms with Crippen molar-refractivity contribution in [3.63, 3.8) is 0 Å². The van der Waals surface area contributed by atoms with Gasteiger partial charge in [0.2, 0.25) is 17.7 Å². The molecule has 0 rings (SSSR count). The predicted molar refractivity (Wildman–Crippen MR) is 79.3 cm³/mol. The molecule has 0 aromatic heterocycles. The molecule has 0 radical (unpaired) electrons. The zero-order valence-corrected chi connectivity index (χ0v) is 13.5. The molecule has 0 aliphatic carbocycles. The van der Waals surface area contributed by atoms with Gasteiger partial charge in [-0.1, -0.05) is 20.3 Å². The normalized spacial score (nSPS) is 14.9. The van der Waals surface area contributed by atoms with E-state index in [1.165, 1.54) is 18.9 Å². The van der Waals surface area contributed by atoms with Crippen LogP contribution in [0.15, 0.2) is 0 Å². The molecule has 0 saturated carbocycles. The second kappa shape index (κ2) is 9.33. The number of methoxy groups -OCH3 is 1. The summed E-state index contributed by atoms with van der Waals surface area (Å²) in [5, 5.41) is 2.47. The summed E-state index contributed by atoms with van der Waals surface area (Å²) in [5.74, 6) is -0.849. The molecule has 0 aromatic rings. The number of hydrogen-bond donors (Lipinski definition) is 2. The fourth-order valence-corrected chi connectivity index (χ4v) is 2.27. The maximum Gasteiger partial charge on any atom is 0.242 e. The Bertz CT molecular complexity index is 373. The van der Waals surface area contributed by atoms with Gasteiger partial charge in [0.05, 0.1) is 25.1 Å². The summed E-state index contributed by atoms with van der Waals surface area (Å²) in [6.07, 6.45) is 0.397. The van der Waals surface area contributed by atoms with Crippen molar-refractivity contribution in [3.05, 3.63) is 0 Å². The number of carbonyl (C=O) groups excluding carboxylic acids is 3. The molecule has 0 aliphatic heterocycles. The number of hydrogen-bond acceptors (Lipinski definition) is 4. The topological polar surface area (TPSA) is 102 Å². The maximum atomic E-state index is 12.2. The van der Waals surface area contributed by atoms with E-state index in [1.54, 1.807) is 7.05 Å². The molecule has 3 N–H and O–H groups in total. The minimum atomic E-state index is -0.474. The molecule has 0 saturated heterocycles. The Morgan fingerprint density at radius 3 is 2.29 bits per heavy atom. The fourth-order valence-electron chi connectivity index (χ4n) is 2.27. The van der Waals surface area contributed by atoms with Crippen molar-refractivity contribution >= 4 is 17.7 Å². The molecule has 0 bridgehead atoms. The van der Waals surface area contributed by atoms with Gasteiger partial charge in [-0.25, -0.2) is 0 Å². The Balaban J connectivity index is 5.06. The van der Waals surface area contributed by atoms with E-state index in [2.05, 4.69) is 5.32 Å². The molecule has 122 valence electrons. The standard InChI is InChI=1S/C14H27N3O4/c1-6-9(2)14(11(21-5)7-12(15)19)17(4)13(20)8-16-10(3)18/h9,11,14H,6-8H2,1-5H3,(H2,15,19)(H,16,18). The SMILES string of the molecule is CCC(C)C(C(CC(N)=O)OC)N(C)C(=O)CNC(C)=O. The summed E-state index contributed by atoms with van der Waals surface area (Å²) < 4.78 is 5.36. The van der Waals surface area contributed by atoms with Crippen molar-refractivity contribution in [2.75, 3.05) is 20.7 Å². The quantitative estimate of drug-likeness (QED) is 0.620. The third-order valence-corrected chi connectivity index (χ3v) is 3.64. The van der Waals surface area contributed by atoms with E-state index in [9.17, 15) is 14.4 Å². The molecular weight excluding hydrogens is 274 g/mol. The van der Waals surface area contributed by atoms with Crippen LogP contribution in [0.4, 0.5) is 0 Å². The smallest absolute Gasteiger partial charge is 0.242 e. The molecule has 21 heavy (non-hydrogen) atoms. The Labute approximate surface area is 126 Å². The molecule has 3 atom stereocenters. The van der Waals surface area contributed by atoms with E-state index < -0.39 is 12.0 Å². The molecule has 0 heterocycles. The van der Waals surface area contributed by atoms with E-state index in [-0.39, 0.29) is 36.7 Å². The Kier molecular flexibility index (Phi) is 8.61. The number of rotatable bonds is 9. The summed E-state index contributed by atoms with van der Waals surface area (Å²) in [5.41, 5.74) is 5.24. The van der Waals surface area contributed by atoms with Crippen LogP contribution < -0.4 is 11.1 Å². The summed E-state index contributed by atoms with van der Waals surface area (Å²) in [7, 11) is 3.14. The minimum Gasteiger partial charge on any atom is -0.379 e. The largest absolute Gasteiger partial charge is 0.379 e. The molecule has 0 aliphatic rings. The number of nitrogens with zero attached hydrogens (tertiary/aromatic N) is 1. The predicted octanol–water partition coefficient (Wildman–Crippen LogP) is -0.114. The summed E-state index contributed by atoms with van der Waals surface area (Å²) in [4.78, 5) is 35.8. The van der Waals surface area contributed by atoms with Gasteiger partial charge in [0, 0.05) is 21.1 Å². The maximum absolute atomic E-state index is 12.2. The van der Waals surface area contributed by atoms with Crippen LogP contribution in [-0.2, 0) is 19.1 Å². The van der Waals surface area contributed by atoms with Crippen LogP contribution in [0.1, 0.15) is 33.6 Å². The number of amides is 3. The van der Waals surface area contributed by atoms with E-state index in [0.29, 0.717) is 0 Å². The van der Waals surface area contributed by atoms with E-state index in [1.807, 2.05) is 13.8 Å². The summed E-state index contributed by atoms with van der Waals surface area (Å²) >= 11 is 0. The van der Waals surface area contributed by atoms with Gasteiger partial charge in [-0.15, -0.1) is 0 Å². The second-order valence-electron chi connectivity index (χ2n) is 5.24. The van der Waals surface area contributed by atoms with Crippen LogP contribution in [0.3, 0.4) is 0 Å². The van der Waals surface area contributed by atoms with Gasteiger partial charge in [0.1, 0.15) is 0 Å². The molecule has 0 aromatic carbocycles. The highest BCUT2D eigenvalue weighted by Gasteiger charge is 2.33. The molecule has 0 fully saturated rings. The van der Waals surface area contributed by atoms with E-state index in [4.69, 9.17) is 10.5 Å². The third kappa shape index (κ3) is 6.57. The third-order valence-electron chi connectivity index (χ3n) is 3.64. The van der Waals surface area contributed by atoms with Crippen LogP contribution in [0.5, 0.6) is 0 Å². The fraction of sp³-hybridized carbons (Fsp3) is 0.786. The first-order chi connectivity index (χ1) is 9.74. The molecule has 7 nitrogen and oxygen atoms in total. The number of likely N-dealkylation sites (N-methyl/N-ethyl adjacent to an activating group) is 1. The van der Waals surface area contributed by atoms with Gasteiger partial charge in [-0.3, -0.25) is 14.4 Å². The summed E-state index contributed by atoms with van der Waals surface area (Å²) in [6, 6.07) is -0.284. The Hall–Kier alpha value is -1.63. The van der Waals surface area contributed by atoms with Crippen LogP contribution in [-0.4, -0.2) is 55.5 Å². The van der Waals surface area contributed by atoms with Gasteiger partial charge in [-0.2, -0.15) is 0 Å². The van der Waals surface area contributed by atoms with Gasteiger partial charge >= 0.3 is 0 Å². The zero-order chi connectivity index (χ0) is 16.6. The first kappa shape index (κ1) is 19.4. The molecule has 0 spiro atoms. The number of nitrogens with one attached hydrogen (secondary N) is 1. The summed E-state index contributed by atoms with van der Waals surface area (Å²) in [6.45, 7) is 5.26. The number of nitrogens with two attached hydrogens (primary N) is 1. The average molecular weight is 301 g/mol. The van der Waals surface area contributed by atoms with Gasteiger partial charge in [-0.05, 0) is 5.92 Å². The van der Waals surface area contributed by atoms with Gasteiger partial charge < -0.3 is 20.7 Å². The van der Waals surface area contributed by atoms with Crippen LogP contribution in [0.2, 0.25) is 0 Å². The lowest BCUT2D eigenvalue weighted by atomic mass is 9.91. The number of primary amides is 1. The monoisotopic (exact) mass is 301 g/mol. The second-order valence-corrected chi connectivity index (χ2v) is 5.24. The molecular formula is C14H27N3O4. The lowest BCUT2D eigenvalue weighted by Crippen LogP contribution is -2.52. The highest BCUT2D eigenvalue weighted by Crippen LogP contribution is 2.21. The van der Waals surface area contributed by atoms with Crippen molar-refractivity contribution in [3.8, 4) is 0 Å². The van der Waals surface area contributed by atoms with Gasteiger partial charge in [0.25, 0.3) is 0 Å². The highest BCUT2D eigenvalue weighted by molar-refractivity contribution is 5.83. The molecule has 7 heteroatoms. The van der Waals surface area contributed by atoms with E-state index in [0.717, 1.165) is 6.42 Å². The molecule has 3 amide bonds. The lowest BCUT2D eigenvalue weighted by molar-refractivity contribution is -0.139. The lowest BCUT2D eigenvalue weighted by Gasteiger charge is -2.37. The van der Waals surface area contributed by atoms with Crippen LogP contribution in [0, 0.1) is 5.92 Å². The minimum absolute atomic E-state index is 0.0449. The first-order valence-electron chi connectivity index (χ1n) is 7.05. The Morgan fingerprint density at radius 1 is 1.33 bits per heavy atom.